The monoisotopic (exact) mass is 319 g/mol. The Labute approximate surface area is 122 Å². The standard InChI is InChI=1S/C13H10ClF4N3/c14-10-3-1-2-7(11(10)15)12(21-19)8-6-20-5-4-9(8)13(16,17)18/h1-6,12,21H,19H2. The molecule has 0 aliphatic heterocycles. The lowest BCUT2D eigenvalue weighted by Gasteiger charge is -2.21. The number of nitrogens with one attached hydrogen (secondary N) is 1. The highest BCUT2D eigenvalue weighted by molar-refractivity contribution is 6.30. The van der Waals surface area contributed by atoms with Crippen molar-refractivity contribution in [1.29, 1.82) is 0 Å². The van der Waals surface area contributed by atoms with Crippen molar-refractivity contribution < 1.29 is 17.6 Å². The quantitative estimate of drug-likeness (QED) is 0.517. The normalized spacial score (nSPS) is 13.2. The first kappa shape index (κ1) is 15.7. The van der Waals surface area contributed by atoms with Crippen molar-refractivity contribution in [2.45, 2.75) is 12.2 Å². The molecule has 1 unspecified atom stereocenters. The van der Waals surface area contributed by atoms with Crippen LogP contribution >= 0.6 is 11.6 Å². The molecule has 1 heterocycles. The van der Waals surface area contributed by atoms with E-state index in [1.54, 1.807) is 0 Å². The van der Waals surface area contributed by atoms with Crippen LogP contribution in [0.15, 0.2) is 36.7 Å². The van der Waals surface area contributed by atoms with Crippen molar-refractivity contribution in [3.8, 4) is 0 Å². The van der Waals surface area contributed by atoms with E-state index in [9.17, 15) is 17.6 Å². The zero-order valence-corrected chi connectivity index (χ0v) is 11.2. The molecule has 0 aliphatic carbocycles. The minimum atomic E-state index is -4.61. The molecule has 1 atom stereocenters. The maximum atomic E-state index is 14.0. The van der Waals surface area contributed by atoms with E-state index in [1.807, 2.05) is 0 Å². The molecule has 112 valence electrons. The maximum absolute atomic E-state index is 14.0. The number of aromatic nitrogens is 1. The predicted molar refractivity (Wildman–Crippen MR) is 69.8 cm³/mol. The molecule has 0 aliphatic rings. The minimum absolute atomic E-state index is 0.0940. The van der Waals surface area contributed by atoms with Crippen LogP contribution in [0.25, 0.3) is 0 Å². The summed E-state index contributed by atoms with van der Waals surface area (Å²) in [6, 6.07) is 3.60. The molecule has 1 aromatic heterocycles. The van der Waals surface area contributed by atoms with Crippen LogP contribution in [0.1, 0.15) is 22.7 Å². The summed E-state index contributed by atoms with van der Waals surface area (Å²) in [5.74, 6) is 4.48. The van der Waals surface area contributed by atoms with Crippen molar-refractivity contribution in [3.63, 3.8) is 0 Å². The highest BCUT2D eigenvalue weighted by atomic mass is 35.5. The van der Waals surface area contributed by atoms with Gasteiger partial charge in [0.05, 0.1) is 16.6 Å². The number of alkyl halides is 3. The van der Waals surface area contributed by atoms with Gasteiger partial charge in [0.25, 0.3) is 0 Å². The first-order chi connectivity index (χ1) is 9.86. The number of hydrogen-bond acceptors (Lipinski definition) is 3. The Morgan fingerprint density at radius 2 is 1.90 bits per heavy atom. The Bertz CT molecular complexity index is 646. The van der Waals surface area contributed by atoms with Gasteiger partial charge in [-0.05, 0) is 12.1 Å². The summed E-state index contributed by atoms with van der Waals surface area (Å²) in [6.07, 6.45) is -2.61. The third kappa shape index (κ3) is 3.15. The fourth-order valence-electron chi connectivity index (χ4n) is 1.99. The third-order valence-corrected chi connectivity index (χ3v) is 3.22. The molecule has 3 N–H and O–H groups in total. The van der Waals surface area contributed by atoms with Crippen LogP contribution in [-0.4, -0.2) is 4.98 Å². The Morgan fingerprint density at radius 3 is 2.52 bits per heavy atom. The lowest BCUT2D eigenvalue weighted by atomic mass is 9.96. The van der Waals surface area contributed by atoms with Gasteiger partial charge >= 0.3 is 6.18 Å². The van der Waals surface area contributed by atoms with Gasteiger partial charge in [-0.2, -0.15) is 13.2 Å². The number of rotatable bonds is 3. The molecule has 0 amide bonds. The van der Waals surface area contributed by atoms with E-state index < -0.39 is 23.6 Å². The molecule has 0 spiro atoms. The Hall–Kier alpha value is -1.70. The van der Waals surface area contributed by atoms with Crippen molar-refractivity contribution in [2.24, 2.45) is 5.84 Å². The number of nitrogens with two attached hydrogens (primary N) is 1. The molecule has 0 radical (unpaired) electrons. The number of pyridine rings is 1. The summed E-state index contributed by atoms with van der Waals surface area (Å²) in [4.78, 5) is 3.65. The second-order valence-electron chi connectivity index (χ2n) is 4.20. The highest BCUT2D eigenvalue weighted by Gasteiger charge is 2.36. The van der Waals surface area contributed by atoms with Crippen molar-refractivity contribution in [3.05, 3.63) is 64.2 Å². The van der Waals surface area contributed by atoms with Gasteiger partial charge in [0.1, 0.15) is 5.82 Å². The number of benzene rings is 1. The molecular formula is C13H10ClF4N3. The molecule has 0 fully saturated rings. The van der Waals surface area contributed by atoms with Crippen LogP contribution in [0.5, 0.6) is 0 Å². The summed E-state index contributed by atoms with van der Waals surface area (Å²) in [5, 5.41) is -0.204. The average Bonchev–Trinajstić information content (AvgIpc) is 2.44. The highest BCUT2D eigenvalue weighted by Crippen LogP contribution is 2.37. The van der Waals surface area contributed by atoms with Gasteiger partial charge in [-0.25, -0.2) is 9.82 Å². The predicted octanol–water partition coefficient (Wildman–Crippen LogP) is 3.45. The Morgan fingerprint density at radius 1 is 1.19 bits per heavy atom. The summed E-state index contributed by atoms with van der Waals surface area (Å²) in [6.45, 7) is 0. The summed E-state index contributed by atoms with van der Waals surface area (Å²) in [7, 11) is 0. The van der Waals surface area contributed by atoms with Crippen LogP contribution in [0.3, 0.4) is 0 Å². The molecule has 3 nitrogen and oxygen atoms in total. The van der Waals surface area contributed by atoms with Crippen LogP contribution in [-0.2, 0) is 6.18 Å². The topological polar surface area (TPSA) is 50.9 Å². The molecule has 21 heavy (non-hydrogen) atoms. The first-order valence-corrected chi connectivity index (χ1v) is 6.15. The van der Waals surface area contributed by atoms with Crippen molar-refractivity contribution in [2.75, 3.05) is 0 Å². The van der Waals surface area contributed by atoms with E-state index in [0.29, 0.717) is 0 Å². The van der Waals surface area contributed by atoms with Gasteiger partial charge in [-0.15, -0.1) is 0 Å². The van der Waals surface area contributed by atoms with Gasteiger partial charge in [0.2, 0.25) is 0 Å². The van der Waals surface area contributed by atoms with Gasteiger partial charge in [0, 0.05) is 23.5 Å². The van der Waals surface area contributed by atoms with E-state index in [0.717, 1.165) is 18.5 Å². The van der Waals surface area contributed by atoms with E-state index >= 15 is 0 Å². The van der Waals surface area contributed by atoms with Crippen molar-refractivity contribution in [1.82, 2.24) is 10.4 Å². The van der Waals surface area contributed by atoms with Gasteiger partial charge in [-0.1, -0.05) is 23.7 Å². The second-order valence-corrected chi connectivity index (χ2v) is 4.61. The zero-order valence-electron chi connectivity index (χ0n) is 10.5. The Balaban J connectivity index is 2.60. The first-order valence-electron chi connectivity index (χ1n) is 5.77. The largest absolute Gasteiger partial charge is 0.416 e. The average molecular weight is 320 g/mol. The molecule has 1 aromatic carbocycles. The van der Waals surface area contributed by atoms with Crippen LogP contribution < -0.4 is 11.3 Å². The number of halogens is 5. The minimum Gasteiger partial charge on any atom is -0.271 e. The smallest absolute Gasteiger partial charge is 0.271 e. The Kier molecular flexibility index (Phi) is 4.46. The van der Waals surface area contributed by atoms with Crippen LogP contribution in [0.4, 0.5) is 17.6 Å². The number of hydrazine groups is 1. The third-order valence-electron chi connectivity index (χ3n) is 2.93. The lowest BCUT2D eigenvalue weighted by Crippen LogP contribution is -2.31. The van der Waals surface area contributed by atoms with Gasteiger partial charge in [0.15, 0.2) is 0 Å². The SMILES string of the molecule is NNC(c1cnccc1C(F)(F)F)c1cccc(Cl)c1F. The lowest BCUT2D eigenvalue weighted by molar-refractivity contribution is -0.138. The number of nitrogens with zero attached hydrogens (tertiary/aromatic N) is 1. The molecule has 0 saturated carbocycles. The van der Waals surface area contributed by atoms with E-state index in [4.69, 9.17) is 17.4 Å². The summed E-state index contributed by atoms with van der Waals surface area (Å²) in [5.41, 5.74) is 0.854. The fraction of sp³-hybridized carbons (Fsp3) is 0.154. The second kappa shape index (κ2) is 5.97. The molecule has 0 bridgehead atoms. The van der Waals surface area contributed by atoms with Gasteiger partial charge < -0.3 is 0 Å². The molecular weight excluding hydrogens is 310 g/mol. The van der Waals surface area contributed by atoms with E-state index in [-0.39, 0.29) is 16.1 Å². The number of hydrogen-bond donors (Lipinski definition) is 2. The summed E-state index contributed by atoms with van der Waals surface area (Å²) < 4.78 is 53.1. The molecule has 8 heteroatoms. The fourth-order valence-corrected chi connectivity index (χ4v) is 2.17. The van der Waals surface area contributed by atoms with Gasteiger partial charge in [-0.3, -0.25) is 10.8 Å². The molecule has 2 rings (SSSR count). The van der Waals surface area contributed by atoms with Crippen molar-refractivity contribution >= 4 is 11.6 Å². The maximum Gasteiger partial charge on any atom is 0.416 e. The molecule has 0 saturated heterocycles. The zero-order chi connectivity index (χ0) is 15.6. The summed E-state index contributed by atoms with van der Waals surface area (Å²) >= 11 is 5.65. The van der Waals surface area contributed by atoms with E-state index in [1.165, 1.54) is 18.2 Å². The van der Waals surface area contributed by atoms with E-state index in [2.05, 4.69) is 10.4 Å². The van der Waals surface area contributed by atoms with Crippen LogP contribution in [0, 0.1) is 5.82 Å². The van der Waals surface area contributed by atoms with Crippen LogP contribution in [0.2, 0.25) is 5.02 Å². The molecule has 2 aromatic rings.